The lowest BCUT2D eigenvalue weighted by Crippen LogP contribution is -2.47. The standard InChI is InChI=1S/C18H26N4O3/c1-19-18(21-16-12-15-9-10-17(16)25-15)20-11-3-2-4-13-5-7-14(8-6-13)22(23)24/h5-8,15-17H,2-4,9-12H2,1H3,(H2,19,20,21). The summed E-state index contributed by atoms with van der Waals surface area (Å²) in [6.45, 7) is 0.855. The summed E-state index contributed by atoms with van der Waals surface area (Å²) in [4.78, 5) is 14.6. The number of rotatable bonds is 7. The van der Waals surface area contributed by atoms with E-state index in [0.29, 0.717) is 18.2 Å². The number of benzene rings is 1. The molecule has 1 aromatic rings. The monoisotopic (exact) mass is 346 g/mol. The van der Waals surface area contributed by atoms with Gasteiger partial charge in [0.1, 0.15) is 0 Å². The number of ether oxygens (including phenoxy) is 1. The molecule has 3 unspecified atom stereocenters. The molecule has 2 saturated heterocycles. The Morgan fingerprint density at radius 2 is 2.12 bits per heavy atom. The molecule has 2 heterocycles. The zero-order valence-corrected chi connectivity index (χ0v) is 14.6. The first-order valence-electron chi connectivity index (χ1n) is 9.01. The van der Waals surface area contributed by atoms with Crippen LogP contribution < -0.4 is 10.6 Å². The van der Waals surface area contributed by atoms with E-state index in [2.05, 4.69) is 15.6 Å². The van der Waals surface area contributed by atoms with Crippen molar-refractivity contribution in [3.05, 3.63) is 39.9 Å². The topological polar surface area (TPSA) is 88.8 Å². The third kappa shape index (κ3) is 4.69. The van der Waals surface area contributed by atoms with Crippen LogP contribution in [-0.2, 0) is 11.2 Å². The van der Waals surface area contributed by atoms with Crippen LogP contribution in [0.2, 0.25) is 0 Å². The lowest BCUT2D eigenvalue weighted by atomic mass is 9.96. The van der Waals surface area contributed by atoms with Crippen LogP contribution in [0.25, 0.3) is 0 Å². The molecule has 3 atom stereocenters. The van der Waals surface area contributed by atoms with Crippen molar-refractivity contribution in [2.45, 2.75) is 56.8 Å². The van der Waals surface area contributed by atoms with Crippen molar-refractivity contribution in [3.8, 4) is 0 Å². The minimum atomic E-state index is -0.368. The van der Waals surface area contributed by atoms with Gasteiger partial charge in [0, 0.05) is 25.7 Å². The van der Waals surface area contributed by atoms with Gasteiger partial charge in [0.05, 0.1) is 23.2 Å². The molecular formula is C18H26N4O3. The van der Waals surface area contributed by atoms with Crippen molar-refractivity contribution in [1.29, 1.82) is 0 Å². The number of fused-ring (bicyclic) bond motifs is 2. The Balaban J connectivity index is 1.32. The highest BCUT2D eigenvalue weighted by atomic mass is 16.6. The number of nitro groups is 1. The predicted octanol–water partition coefficient (Wildman–Crippen LogP) is 2.40. The summed E-state index contributed by atoms with van der Waals surface area (Å²) in [5, 5.41) is 17.5. The van der Waals surface area contributed by atoms with Crippen LogP contribution >= 0.6 is 0 Å². The average molecular weight is 346 g/mol. The van der Waals surface area contributed by atoms with Crippen LogP contribution in [-0.4, -0.2) is 42.7 Å². The fraction of sp³-hybridized carbons (Fsp3) is 0.611. The fourth-order valence-electron chi connectivity index (χ4n) is 3.61. The summed E-state index contributed by atoms with van der Waals surface area (Å²) < 4.78 is 5.86. The van der Waals surface area contributed by atoms with Crippen LogP contribution in [0, 0.1) is 10.1 Å². The highest BCUT2D eigenvalue weighted by Gasteiger charge is 2.41. The molecule has 0 aliphatic carbocycles. The van der Waals surface area contributed by atoms with Gasteiger partial charge >= 0.3 is 0 Å². The maximum Gasteiger partial charge on any atom is 0.269 e. The molecule has 0 radical (unpaired) electrons. The Morgan fingerprint density at radius 1 is 1.32 bits per heavy atom. The van der Waals surface area contributed by atoms with Crippen molar-refractivity contribution in [3.63, 3.8) is 0 Å². The molecule has 2 N–H and O–H groups in total. The second-order valence-electron chi connectivity index (χ2n) is 6.74. The molecule has 2 bridgehead atoms. The molecule has 136 valence electrons. The van der Waals surface area contributed by atoms with E-state index in [1.165, 1.54) is 6.42 Å². The van der Waals surface area contributed by atoms with Crippen molar-refractivity contribution in [2.75, 3.05) is 13.6 Å². The summed E-state index contributed by atoms with van der Waals surface area (Å²) >= 11 is 0. The molecule has 0 saturated carbocycles. The molecule has 0 amide bonds. The number of unbranched alkanes of at least 4 members (excludes halogenated alkanes) is 1. The number of nitro benzene ring substituents is 1. The van der Waals surface area contributed by atoms with Crippen molar-refractivity contribution in [1.82, 2.24) is 10.6 Å². The van der Waals surface area contributed by atoms with Gasteiger partial charge in [-0.25, -0.2) is 0 Å². The maximum atomic E-state index is 10.6. The molecule has 2 aliphatic heterocycles. The molecular weight excluding hydrogens is 320 g/mol. The number of hydrogen-bond acceptors (Lipinski definition) is 4. The number of guanidine groups is 1. The van der Waals surface area contributed by atoms with E-state index < -0.39 is 0 Å². The zero-order chi connectivity index (χ0) is 17.6. The fourth-order valence-corrected chi connectivity index (χ4v) is 3.61. The number of aryl methyl sites for hydroxylation is 1. The van der Waals surface area contributed by atoms with Crippen LogP contribution in [0.15, 0.2) is 29.3 Å². The highest BCUT2D eigenvalue weighted by Crippen LogP contribution is 2.34. The molecule has 2 aliphatic rings. The first-order valence-corrected chi connectivity index (χ1v) is 9.01. The van der Waals surface area contributed by atoms with E-state index in [-0.39, 0.29) is 10.6 Å². The van der Waals surface area contributed by atoms with Gasteiger partial charge in [0.2, 0.25) is 0 Å². The number of non-ortho nitro benzene ring substituents is 1. The number of nitrogens with zero attached hydrogens (tertiary/aromatic N) is 2. The van der Waals surface area contributed by atoms with Gasteiger partial charge in [-0.15, -0.1) is 0 Å². The van der Waals surface area contributed by atoms with Gasteiger partial charge in [-0.3, -0.25) is 15.1 Å². The Morgan fingerprint density at radius 3 is 2.72 bits per heavy atom. The summed E-state index contributed by atoms with van der Waals surface area (Å²) in [7, 11) is 1.79. The molecule has 3 rings (SSSR count). The normalized spacial score (nSPS) is 25.2. The Hall–Kier alpha value is -2.15. The molecule has 1 aromatic carbocycles. The van der Waals surface area contributed by atoms with Crippen LogP contribution in [0.5, 0.6) is 0 Å². The average Bonchev–Trinajstić information content (AvgIpc) is 3.23. The van der Waals surface area contributed by atoms with Crippen molar-refractivity contribution in [2.24, 2.45) is 4.99 Å². The Bertz CT molecular complexity index is 617. The SMILES string of the molecule is CN=C(NCCCCc1ccc([N+](=O)[O-])cc1)NC1CC2CCC1O2. The predicted molar refractivity (Wildman–Crippen MR) is 96.8 cm³/mol. The summed E-state index contributed by atoms with van der Waals surface area (Å²) in [6.07, 6.45) is 7.15. The second kappa shape index (κ2) is 8.29. The van der Waals surface area contributed by atoms with E-state index >= 15 is 0 Å². The molecule has 7 nitrogen and oxygen atoms in total. The summed E-state index contributed by atoms with van der Waals surface area (Å²) in [6, 6.07) is 7.18. The number of nitrogens with one attached hydrogen (secondary N) is 2. The lowest BCUT2D eigenvalue weighted by Gasteiger charge is -2.22. The Kier molecular flexibility index (Phi) is 5.86. The summed E-state index contributed by atoms with van der Waals surface area (Å²) in [5.74, 6) is 0.844. The third-order valence-electron chi connectivity index (χ3n) is 4.98. The minimum Gasteiger partial charge on any atom is -0.373 e. The third-order valence-corrected chi connectivity index (χ3v) is 4.98. The van der Waals surface area contributed by atoms with Gasteiger partial charge in [-0.2, -0.15) is 0 Å². The van der Waals surface area contributed by atoms with Crippen molar-refractivity contribution >= 4 is 11.6 Å². The first kappa shape index (κ1) is 17.7. The minimum absolute atomic E-state index is 0.143. The van der Waals surface area contributed by atoms with Crippen molar-refractivity contribution < 1.29 is 9.66 Å². The second-order valence-corrected chi connectivity index (χ2v) is 6.74. The van der Waals surface area contributed by atoms with Gasteiger partial charge in [-0.05, 0) is 44.1 Å². The van der Waals surface area contributed by atoms with E-state index in [1.807, 2.05) is 12.1 Å². The van der Waals surface area contributed by atoms with Gasteiger partial charge < -0.3 is 15.4 Å². The van der Waals surface area contributed by atoms with Gasteiger partial charge in [0.25, 0.3) is 5.69 Å². The molecule has 0 spiro atoms. The largest absolute Gasteiger partial charge is 0.373 e. The molecule has 25 heavy (non-hydrogen) atoms. The lowest BCUT2D eigenvalue weighted by molar-refractivity contribution is -0.384. The van der Waals surface area contributed by atoms with E-state index in [1.54, 1.807) is 19.2 Å². The maximum absolute atomic E-state index is 10.6. The van der Waals surface area contributed by atoms with Crippen LogP contribution in [0.1, 0.15) is 37.7 Å². The van der Waals surface area contributed by atoms with E-state index in [4.69, 9.17) is 4.74 Å². The first-order chi connectivity index (χ1) is 12.2. The van der Waals surface area contributed by atoms with Crippen LogP contribution in [0.4, 0.5) is 5.69 Å². The zero-order valence-electron chi connectivity index (χ0n) is 14.6. The Labute approximate surface area is 148 Å². The summed E-state index contributed by atoms with van der Waals surface area (Å²) in [5.41, 5.74) is 1.28. The number of aliphatic imine (C=N–C) groups is 1. The van der Waals surface area contributed by atoms with Crippen LogP contribution in [0.3, 0.4) is 0 Å². The highest BCUT2D eigenvalue weighted by molar-refractivity contribution is 5.80. The molecule has 2 fully saturated rings. The smallest absolute Gasteiger partial charge is 0.269 e. The van der Waals surface area contributed by atoms with E-state index in [0.717, 1.165) is 50.2 Å². The van der Waals surface area contributed by atoms with E-state index in [9.17, 15) is 10.1 Å². The van der Waals surface area contributed by atoms with Gasteiger partial charge in [0.15, 0.2) is 5.96 Å². The molecule has 0 aromatic heterocycles. The quantitative estimate of drug-likeness (QED) is 0.260. The number of hydrogen-bond donors (Lipinski definition) is 2. The molecule has 7 heteroatoms. The van der Waals surface area contributed by atoms with Gasteiger partial charge in [-0.1, -0.05) is 12.1 Å².